The largest absolute Gasteiger partial charge is 0.434 e. The second-order valence-corrected chi connectivity index (χ2v) is 5.23. The molecule has 1 amide bonds. The first-order chi connectivity index (χ1) is 9.75. The topological polar surface area (TPSA) is 58.6 Å². The summed E-state index contributed by atoms with van der Waals surface area (Å²) in [6.07, 6.45) is 1.28. The molecule has 0 atom stereocenters. The Morgan fingerprint density at radius 3 is 2.62 bits per heavy atom. The number of rotatable bonds is 6. The molecule has 0 spiro atoms. The Kier molecular flexibility index (Phi) is 5.84. The third-order valence-electron chi connectivity index (χ3n) is 2.73. The number of aliphatic hydroxyl groups is 1. The molecule has 4 nitrogen and oxygen atoms in total. The third-order valence-corrected chi connectivity index (χ3v) is 2.73. The lowest BCUT2D eigenvalue weighted by Crippen LogP contribution is -2.45. The van der Waals surface area contributed by atoms with E-state index in [2.05, 4.69) is 10.1 Å². The van der Waals surface area contributed by atoms with E-state index < -0.39 is 18.1 Å². The molecule has 2 N–H and O–H groups in total. The first-order valence-corrected chi connectivity index (χ1v) is 6.40. The summed E-state index contributed by atoms with van der Waals surface area (Å²) in [4.78, 5) is 11.8. The normalized spacial score (nSPS) is 12.4. The average Bonchev–Trinajstić information content (AvgIpc) is 2.37. The second kappa shape index (κ2) is 7.17. The molecular weight excluding hydrogens is 280 g/mol. The first kappa shape index (κ1) is 17.1. The highest BCUT2D eigenvalue weighted by Gasteiger charge is 2.18. The fraction of sp³-hybridized carbons (Fsp3) is 0.400. The van der Waals surface area contributed by atoms with E-state index in [1.54, 1.807) is 39.0 Å². The molecule has 0 unspecified atom stereocenters. The Bertz CT molecular complexity index is 527. The Hall–Kier alpha value is -1.95. The van der Waals surface area contributed by atoms with Crippen molar-refractivity contribution in [1.29, 1.82) is 0 Å². The van der Waals surface area contributed by atoms with Gasteiger partial charge in [0.05, 0.1) is 12.1 Å². The van der Waals surface area contributed by atoms with Gasteiger partial charge in [-0.15, -0.1) is 0 Å². The van der Waals surface area contributed by atoms with Crippen molar-refractivity contribution in [3.05, 3.63) is 35.9 Å². The maximum atomic E-state index is 12.3. The van der Waals surface area contributed by atoms with Crippen LogP contribution in [0.4, 0.5) is 8.78 Å². The van der Waals surface area contributed by atoms with Crippen LogP contribution in [0.3, 0.4) is 0 Å². The van der Waals surface area contributed by atoms with Gasteiger partial charge in [-0.3, -0.25) is 4.79 Å². The van der Waals surface area contributed by atoms with Crippen LogP contribution in [0.2, 0.25) is 0 Å². The van der Waals surface area contributed by atoms with Crippen molar-refractivity contribution in [3.8, 4) is 5.75 Å². The minimum atomic E-state index is -2.93. The quantitative estimate of drug-likeness (QED) is 0.794. The van der Waals surface area contributed by atoms with Crippen LogP contribution in [0.15, 0.2) is 30.3 Å². The van der Waals surface area contributed by atoms with E-state index in [1.165, 1.54) is 12.1 Å². The predicted octanol–water partition coefficient (Wildman–Crippen LogP) is 2.58. The average molecular weight is 299 g/mol. The smallest absolute Gasteiger partial charge is 0.387 e. The molecule has 1 aromatic carbocycles. The first-order valence-electron chi connectivity index (χ1n) is 6.40. The Labute approximate surface area is 122 Å². The van der Waals surface area contributed by atoms with Gasteiger partial charge < -0.3 is 15.2 Å². The predicted molar refractivity (Wildman–Crippen MR) is 76.0 cm³/mol. The van der Waals surface area contributed by atoms with E-state index in [-0.39, 0.29) is 12.4 Å². The maximum absolute atomic E-state index is 12.3. The van der Waals surface area contributed by atoms with Gasteiger partial charge in [0.25, 0.3) is 0 Å². The van der Waals surface area contributed by atoms with Crippen LogP contribution in [0, 0.1) is 0 Å². The van der Waals surface area contributed by atoms with Crippen LogP contribution in [0.5, 0.6) is 5.75 Å². The highest BCUT2D eigenvalue weighted by atomic mass is 19.3. The summed E-state index contributed by atoms with van der Waals surface area (Å²) < 4.78 is 29.1. The van der Waals surface area contributed by atoms with Gasteiger partial charge in [-0.2, -0.15) is 8.78 Å². The van der Waals surface area contributed by atoms with Crippen LogP contribution in [-0.4, -0.2) is 29.8 Å². The minimum Gasteiger partial charge on any atom is -0.434 e. The van der Waals surface area contributed by atoms with E-state index in [9.17, 15) is 13.6 Å². The van der Waals surface area contributed by atoms with E-state index >= 15 is 0 Å². The van der Waals surface area contributed by atoms with Crippen molar-refractivity contribution >= 4 is 11.5 Å². The van der Waals surface area contributed by atoms with Crippen molar-refractivity contribution < 1.29 is 23.4 Å². The van der Waals surface area contributed by atoms with Gasteiger partial charge in [0, 0.05) is 11.6 Å². The zero-order valence-electron chi connectivity index (χ0n) is 12.2. The van der Waals surface area contributed by atoms with Crippen molar-refractivity contribution in [1.82, 2.24) is 5.32 Å². The monoisotopic (exact) mass is 299 g/mol. The number of hydrogen-bond acceptors (Lipinski definition) is 3. The number of para-hydroxylation sites is 1. The molecule has 0 fully saturated rings. The number of ether oxygens (including phenoxy) is 1. The third kappa shape index (κ3) is 5.51. The Balaban J connectivity index is 2.95. The van der Waals surface area contributed by atoms with Gasteiger partial charge in [0.1, 0.15) is 5.75 Å². The van der Waals surface area contributed by atoms with Crippen molar-refractivity contribution in [2.24, 2.45) is 0 Å². The molecule has 0 heterocycles. The summed E-state index contributed by atoms with van der Waals surface area (Å²) in [5, 5.41) is 11.7. The number of carbonyl (C=O) groups is 1. The molecule has 0 saturated carbocycles. The number of carbonyl (C=O) groups excluding carboxylic acids is 1. The molecule has 0 radical (unpaired) electrons. The standard InChI is InChI=1S/C15H19F2NO3/c1-10(8-13(20)18-15(2,3)9-19)11-6-4-5-7-12(11)21-14(16)17/h4-8,14,19H,9H2,1-3H3,(H,18,20)/b10-8-. The molecular formula is C15H19F2NO3. The molecule has 0 saturated heterocycles. The molecule has 116 valence electrons. The molecule has 1 aromatic rings. The molecule has 0 aromatic heterocycles. The lowest BCUT2D eigenvalue weighted by molar-refractivity contribution is -0.118. The number of hydrogen-bond donors (Lipinski definition) is 2. The van der Waals surface area contributed by atoms with Crippen LogP contribution >= 0.6 is 0 Å². The summed E-state index contributed by atoms with van der Waals surface area (Å²) in [6, 6.07) is 6.24. The maximum Gasteiger partial charge on any atom is 0.387 e. The second-order valence-electron chi connectivity index (χ2n) is 5.23. The SMILES string of the molecule is C/C(=C/C(=O)NC(C)(C)CO)c1ccccc1OC(F)F. The Morgan fingerprint density at radius 2 is 2.05 bits per heavy atom. The zero-order valence-corrected chi connectivity index (χ0v) is 12.2. The summed E-state index contributed by atoms with van der Waals surface area (Å²) in [6.45, 7) is 1.82. The number of nitrogens with one attached hydrogen (secondary N) is 1. The highest BCUT2D eigenvalue weighted by Crippen LogP contribution is 2.26. The Morgan fingerprint density at radius 1 is 1.43 bits per heavy atom. The lowest BCUT2D eigenvalue weighted by atomic mass is 10.0. The van der Waals surface area contributed by atoms with Crippen LogP contribution in [-0.2, 0) is 4.79 Å². The van der Waals surface area contributed by atoms with Crippen LogP contribution in [0.1, 0.15) is 26.3 Å². The van der Waals surface area contributed by atoms with E-state index in [0.717, 1.165) is 0 Å². The number of aliphatic hydroxyl groups excluding tert-OH is 1. The zero-order chi connectivity index (χ0) is 16.0. The van der Waals surface area contributed by atoms with E-state index in [1.807, 2.05) is 0 Å². The number of alkyl halides is 2. The van der Waals surface area contributed by atoms with E-state index in [4.69, 9.17) is 5.11 Å². The van der Waals surface area contributed by atoms with Crippen LogP contribution in [0.25, 0.3) is 5.57 Å². The summed E-state index contributed by atoms with van der Waals surface area (Å²) in [7, 11) is 0. The molecule has 21 heavy (non-hydrogen) atoms. The summed E-state index contributed by atoms with van der Waals surface area (Å²) >= 11 is 0. The molecule has 0 aliphatic heterocycles. The van der Waals surface area contributed by atoms with E-state index in [0.29, 0.717) is 11.1 Å². The molecule has 0 aliphatic rings. The lowest BCUT2D eigenvalue weighted by Gasteiger charge is -2.22. The van der Waals surface area contributed by atoms with Gasteiger partial charge in [0.15, 0.2) is 0 Å². The molecule has 0 bridgehead atoms. The molecule has 6 heteroatoms. The van der Waals surface area contributed by atoms with Gasteiger partial charge >= 0.3 is 6.61 Å². The molecule has 0 aliphatic carbocycles. The number of amides is 1. The number of halogens is 2. The fourth-order valence-corrected chi connectivity index (χ4v) is 1.67. The van der Waals surface area contributed by atoms with Crippen molar-refractivity contribution in [3.63, 3.8) is 0 Å². The van der Waals surface area contributed by atoms with Crippen LogP contribution < -0.4 is 10.1 Å². The van der Waals surface area contributed by atoms with Crippen molar-refractivity contribution in [2.45, 2.75) is 32.9 Å². The van der Waals surface area contributed by atoms with Gasteiger partial charge in [-0.25, -0.2) is 0 Å². The highest BCUT2D eigenvalue weighted by molar-refractivity contribution is 5.95. The fourth-order valence-electron chi connectivity index (χ4n) is 1.67. The molecule has 1 rings (SSSR count). The summed E-state index contributed by atoms with van der Waals surface area (Å²) in [5.41, 5.74) is 0.139. The van der Waals surface area contributed by atoms with Crippen molar-refractivity contribution in [2.75, 3.05) is 6.61 Å². The number of benzene rings is 1. The summed E-state index contributed by atoms with van der Waals surface area (Å²) in [5.74, 6) is -0.408. The van der Waals surface area contributed by atoms with Gasteiger partial charge in [-0.05, 0) is 32.4 Å². The van der Waals surface area contributed by atoms with Gasteiger partial charge in [-0.1, -0.05) is 18.2 Å². The minimum absolute atomic E-state index is 0.00969. The van der Waals surface area contributed by atoms with Gasteiger partial charge in [0.2, 0.25) is 5.91 Å². The number of allylic oxidation sites excluding steroid dienone is 1.